The normalized spacial score (nSPS) is 17.2. The molecule has 1 aromatic carbocycles. The van der Waals surface area contributed by atoms with Crippen molar-refractivity contribution in [3.63, 3.8) is 0 Å². The molecule has 1 saturated heterocycles. The Bertz CT molecular complexity index is 823. The van der Waals surface area contributed by atoms with Gasteiger partial charge in [-0.25, -0.2) is 0 Å². The molecule has 1 atom stereocenters. The van der Waals surface area contributed by atoms with Crippen molar-refractivity contribution in [2.75, 3.05) is 6.61 Å². The maximum absolute atomic E-state index is 5.82. The molecule has 1 fully saturated rings. The Kier molecular flexibility index (Phi) is 4.90. The minimum absolute atomic E-state index is 0.225. The third-order valence-corrected chi connectivity index (χ3v) is 5.36. The van der Waals surface area contributed by atoms with Crippen LogP contribution in [-0.2, 0) is 17.0 Å². The number of hydrogen-bond acceptors (Lipinski definition) is 5. The van der Waals surface area contributed by atoms with Gasteiger partial charge < -0.3 is 9.15 Å². The van der Waals surface area contributed by atoms with Gasteiger partial charge in [0.2, 0.25) is 5.82 Å². The predicted molar refractivity (Wildman–Crippen MR) is 97.4 cm³/mol. The van der Waals surface area contributed by atoms with Gasteiger partial charge in [-0.15, -0.1) is 10.2 Å². The van der Waals surface area contributed by atoms with E-state index in [0.717, 1.165) is 48.5 Å². The number of aryl methyl sites for hydroxylation is 1. The van der Waals surface area contributed by atoms with Crippen LogP contribution in [0.25, 0.3) is 11.6 Å². The van der Waals surface area contributed by atoms with Crippen LogP contribution in [0.15, 0.2) is 52.2 Å². The topological polar surface area (TPSA) is 53.1 Å². The number of hydrogen-bond donors (Lipinski definition) is 0. The van der Waals surface area contributed by atoms with Crippen molar-refractivity contribution in [3.8, 4) is 11.6 Å². The van der Waals surface area contributed by atoms with Gasteiger partial charge in [0.1, 0.15) is 0 Å². The third-order valence-electron chi connectivity index (χ3n) is 4.32. The lowest BCUT2D eigenvalue weighted by atomic mass is 10.2. The lowest BCUT2D eigenvalue weighted by Crippen LogP contribution is -2.16. The molecule has 5 nitrogen and oxygen atoms in total. The second-order valence-electron chi connectivity index (χ2n) is 6.31. The van der Waals surface area contributed by atoms with Gasteiger partial charge in [0.05, 0.1) is 18.9 Å². The number of nitrogens with zero attached hydrogens (tertiary/aromatic N) is 3. The molecule has 0 aliphatic carbocycles. The van der Waals surface area contributed by atoms with Crippen molar-refractivity contribution in [1.82, 2.24) is 14.8 Å². The average molecular weight is 355 g/mol. The molecular formula is C19H21N3O2S. The second-order valence-corrected chi connectivity index (χ2v) is 7.25. The molecule has 1 aliphatic rings. The summed E-state index contributed by atoms with van der Waals surface area (Å²) >= 11 is 1.70. The molecular weight excluding hydrogens is 334 g/mol. The van der Waals surface area contributed by atoms with Crippen molar-refractivity contribution in [2.45, 2.75) is 43.3 Å². The summed E-state index contributed by atoms with van der Waals surface area (Å²) in [7, 11) is 0. The van der Waals surface area contributed by atoms with Crippen LogP contribution in [0, 0.1) is 6.92 Å². The van der Waals surface area contributed by atoms with Crippen LogP contribution in [0.2, 0.25) is 0 Å². The van der Waals surface area contributed by atoms with E-state index in [-0.39, 0.29) is 6.10 Å². The number of rotatable bonds is 6. The summed E-state index contributed by atoms with van der Waals surface area (Å²) in [4.78, 5) is 0. The molecule has 4 rings (SSSR count). The van der Waals surface area contributed by atoms with Gasteiger partial charge >= 0.3 is 0 Å². The number of furan rings is 1. The first kappa shape index (κ1) is 16.4. The summed E-state index contributed by atoms with van der Waals surface area (Å²) < 4.78 is 13.5. The summed E-state index contributed by atoms with van der Waals surface area (Å²) in [5.74, 6) is 2.38. The van der Waals surface area contributed by atoms with Gasteiger partial charge in [-0.1, -0.05) is 41.6 Å². The number of thioether (sulfide) groups is 1. The SMILES string of the molecule is Cc1cccc(CSc2nnc(-c3ccco3)n2CC2CCCO2)c1. The Balaban J connectivity index is 1.57. The molecule has 1 unspecified atom stereocenters. The largest absolute Gasteiger partial charge is 0.461 e. The highest BCUT2D eigenvalue weighted by Crippen LogP contribution is 2.28. The third kappa shape index (κ3) is 3.80. The van der Waals surface area contributed by atoms with Gasteiger partial charge in [0.15, 0.2) is 10.9 Å². The van der Waals surface area contributed by atoms with E-state index in [2.05, 4.69) is 46.0 Å². The van der Waals surface area contributed by atoms with Crippen LogP contribution >= 0.6 is 11.8 Å². The van der Waals surface area contributed by atoms with E-state index in [1.54, 1.807) is 18.0 Å². The lowest BCUT2D eigenvalue weighted by molar-refractivity contribution is 0.0952. The molecule has 25 heavy (non-hydrogen) atoms. The van der Waals surface area contributed by atoms with Crippen LogP contribution in [0.4, 0.5) is 0 Å². The fraction of sp³-hybridized carbons (Fsp3) is 0.368. The van der Waals surface area contributed by atoms with E-state index in [9.17, 15) is 0 Å². The molecule has 0 amide bonds. The molecule has 0 N–H and O–H groups in total. The fourth-order valence-corrected chi connectivity index (χ4v) is 3.98. The zero-order chi connectivity index (χ0) is 17.1. The monoisotopic (exact) mass is 355 g/mol. The van der Waals surface area contributed by atoms with Crippen LogP contribution in [0.3, 0.4) is 0 Å². The summed E-state index contributed by atoms with van der Waals surface area (Å²) in [5.41, 5.74) is 2.56. The average Bonchev–Trinajstić information content (AvgIpc) is 3.36. The summed E-state index contributed by atoms with van der Waals surface area (Å²) in [6.45, 7) is 3.72. The van der Waals surface area contributed by atoms with Crippen molar-refractivity contribution in [3.05, 3.63) is 53.8 Å². The molecule has 0 spiro atoms. The number of benzene rings is 1. The van der Waals surface area contributed by atoms with Crippen LogP contribution in [0.5, 0.6) is 0 Å². The lowest BCUT2D eigenvalue weighted by Gasteiger charge is -2.14. The van der Waals surface area contributed by atoms with Crippen molar-refractivity contribution >= 4 is 11.8 Å². The van der Waals surface area contributed by atoms with E-state index >= 15 is 0 Å². The molecule has 3 heterocycles. The molecule has 1 aliphatic heterocycles. The van der Waals surface area contributed by atoms with Gasteiger partial charge in [0.25, 0.3) is 0 Å². The van der Waals surface area contributed by atoms with Gasteiger partial charge in [-0.05, 0) is 37.5 Å². The molecule has 3 aromatic rings. The molecule has 0 saturated carbocycles. The van der Waals surface area contributed by atoms with Crippen molar-refractivity contribution < 1.29 is 9.15 Å². The first-order valence-electron chi connectivity index (χ1n) is 8.56. The van der Waals surface area contributed by atoms with Crippen LogP contribution < -0.4 is 0 Å². The Morgan fingerprint density at radius 2 is 2.20 bits per heavy atom. The van der Waals surface area contributed by atoms with E-state index < -0.39 is 0 Å². The van der Waals surface area contributed by atoms with Crippen LogP contribution in [-0.4, -0.2) is 27.5 Å². The highest BCUT2D eigenvalue weighted by molar-refractivity contribution is 7.98. The minimum Gasteiger partial charge on any atom is -0.461 e. The summed E-state index contributed by atoms with van der Waals surface area (Å²) in [5, 5.41) is 9.69. The number of ether oxygens (including phenoxy) is 1. The molecule has 130 valence electrons. The smallest absolute Gasteiger partial charge is 0.200 e. The number of aromatic nitrogens is 3. The fourth-order valence-electron chi connectivity index (χ4n) is 3.09. The second kappa shape index (κ2) is 7.45. The van der Waals surface area contributed by atoms with Gasteiger partial charge in [0, 0.05) is 12.4 Å². The van der Waals surface area contributed by atoms with E-state index in [1.807, 2.05) is 12.1 Å². The van der Waals surface area contributed by atoms with E-state index in [4.69, 9.17) is 9.15 Å². The quantitative estimate of drug-likeness (QED) is 0.617. The first-order chi connectivity index (χ1) is 12.3. The Morgan fingerprint density at radius 3 is 2.96 bits per heavy atom. The summed E-state index contributed by atoms with van der Waals surface area (Å²) in [6.07, 6.45) is 4.09. The van der Waals surface area contributed by atoms with Gasteiger partial charge in [-0.2, -0.15) is 0 Å². The highest BCUT2D eigenvalue weighted by atomic mass is 32.2. The molecule has 0 radical (unpaired) electrons. The molecule has 0 bridgehead atoms. The van der Waals surface area contributed by atoms with Gasteiger partial charge in [-0.3, -0.25) is 4.57 Å². The first-order valence-corrected chi connectivity index (χ1v) is 9.55. The Labute approximate surface area is 151 Å². The maximum Gasteiger partial charge on any atom is 0.200 e. The Hall–Kier alpha value is -2.05. The highest BCUT2D eigenvalue weighted by Gasteiger charge is 2.22. The zero-order valence-corrected chi connectivity index (χ0v) is 15.0. The maximum atomic E-state index is 5.82. The van der Waals surface area contributed by atoms with Crippen molar-refractivity contribution in [2.24, 2.45) is 0 Å². The van der Waals surface area contributed by atoms with E-state index in [1.165, 1.54) is 11.1 Å². The van der Waals surface area contributed by atoms with E-state index in [0.29, 0.717) is 0 Å². The Morgan fingerprint density at radius 1 is 1.24 bits per heavy atom. The summed E-state index contributed by atoms with van der Waals surface area (Å²) in [6, 6.07) is 12.4. The predicted octanol–water partition coefficient (Wildman–Crippen LogP) is 4.32. The molecule has 2 aromatic heterocycles. The zero-order valence-electron chi connectivity index (χ0n) is 14.2. The standard InChI is InChI=1S/C19H21N3O2S/c1-14-5-2-6-15(11-14)13-25-19-21-20-18(17-8-4-10-24-17)22(19)12-16-7-3-9-23-16/h2,4-6,8,10-11,16H,3,7,9,12-13H2,1H3. The van der Waals surface area contributed by atoms with Crippen molar-refractivity contribution in [1.29, 1.82) is 0 Å². The van der Waals surface area contributed by atoms with Crippen LogP contribution in [0.1, 0.15) is 24.0 Å². The minimum atomic E-state index is 0.225. The molecule has 6 heteroatoms.